The normalized spacial score (nSPS) is 17.8. The molecule has 2 aliphatic rings. The van der Waals surface area contributed by atoms with E-state index in [2.05, 4.69) is 0 Å². The van der Waals surface area contributed by atoms with Gasteiger partial charge in [0.05, 0.1) is 12.2 Å². The molecule has 1 aliphatic carbocycles. The molecule has 2 aromatic carbocycles. The van der Waals surface area contributed by atoms with Gasteiger partial charge < -0.3 is 4.90 Å². The van der Waals surface area contributed by atoms with E-state index in [-0.39, 0.29) is 17.6 Å². The van der Waals surface area contributed by atoms with E-state index in [1.54, 1.807) is 0 Å². The van der Waals surface area contributed by atoms with Gasteiger partial charge in [-0.25, -0.2) is 0 Å². The number of rotatable bonds is 5. The molecule has 2 aromatic rings. The topological polar surface area (TPSA) is 37.4 Å². The van der Waals surface area contributed by atoms with Crippen LogP contribution in [0.4, 0.5) is 0 Å². The molecule has 126 valence electrons. The molecule has 0 saturated heterocycles. The zero-order valence-corrected chi connectivity index (χ0v) is 14.2. The fraction of sp³-hybridized carbons (Fsp3) is 0.273. The summed E-state index contributed by atoms with van der Waals surface area (Å²) in [6.45, 7) is 0.505. The average Bonchev–Trinajstić information content (AvgIpc) is 3.49. The van der Waals surface area contributed by atoms with E-state index < -0.39 is 0 Å². The van der Waals surface area contributed by atoms with Crippen molar-refractivity contribution in [2.75, 3.05) is 0 Å². The Kier molecular flexibility index (Phi) is 4.22. The van der Waals surface area contributed by atoms with Crippen LogP contribution in [-0.2, 0) is 16.1 Å². The van der Waals surface area contributed by atoms with Crippen LogP contribution in [0.3, 0.4) is 0 Å². The Bertz CT molecular complexity index is 820. The van der Waals surface area contributed by atoms with Gasteiger partial charge in [0.25, 0.3) is 0 Å². The number of Topliss-reactive ketones (excluding diaryl/α,β-unsaturated/α-hetero) is 1. The average molecular weight is 331 g/mol. The maximum atomic E-state index is 12.9. The maximum absolute atomic E-state index is 12.9. The summed E-state index contributed by atoms with van der Waals surface area (Å²) in [6, 6.07) is 19.8. The number of ketones is 1. The number of amides is 1. The lowest BCUT2D eigenvalue weighted by Crippen LogP contribution is -2.34. The summed E-state index contributed by atoms with van der Waals surface area (Å²) in [6.07, 6.45) is 2.94. The largest absolute Gasteiger partial charge is 0.307 e. The fourth-order valence-corrected chi connectivity index (χ4v) is 3.46. The molecule has 0 bridgehead atoms. The van der Waals surface area contributed by atoms with Crippen LogP contribution in [0.5, 0.6) is 0 Å². The summed E-state index contributed by atoms with van der Waals surface area (Å²) in [5.74, 6) is 0.500. The number of carbonyl (C=O) groups is 2. The highest BCUT2D eigenvalue weighted by atomic mass is 16.2. The molecular weight excluding hydrogens is 310 g/mol. The lowest BCUT2D eigenvalue weighted by molar-refractivity contribution is -0.129. The highest BCUT2D eigenvalue weighted by Gasteiger charge is 2.37. The van der Waals surface area contributed by atoms with E-state index in [4.69, 9.17) is 0 Å². The van der Waals surface area contributed by atoms with E-state index in [0.717, 1.165) is 35.2 Å². The van der Waals surface area contributed by atoms with Crippen molar-refractivity contribution in [3.8, 4) is 0 Å². The van der Waals surface area contributed by atoms with Crippen molar-refractivity contribution in [3.63, 3.8) is 0 Å². The first-order valence-corrected chi connectivity index (χ1v) is 8.91. The third-order valence-electron chi connectivity index (χ3n) is 4.92. The number of hydrogen-bond donors (Lipinski definition) is 0. The molecule has 1 aliphatic heterocycles. The minimum absolute atomic E-state index is 0.0926. The molecule has 0 atom stereocenters. The van der Waals surface area contributed by atoms with Gasteiger partial charge in [-0.3, -0.25) is 9.59 Å². The van der Waals surface area contributed by atoms with Crippen LogP contribution < -0.4 is 0 Å². The Morgan fingerprint density at radius 1 is 0.920 bits per heavy atom. The zero-order valence-electron chi connectivity index (χ0n) is 14.2. The third-order valence-corrected chi connectivity index (χ3v) is 4.92. The van der Waals surface area contributed by atoms with E-state index in [9.17, 15) is 9.59 Å². The van der Waals surface area contributed by atoms with E-state index in [1.807, 2.05) is 65.6 Å². The van der Waals surface area contributed by atoms with E-state index in [0.29, 0.717) is 19.4 Å². The maximum Gasteiger partial charge on any atom is 0.227 e. The van der Waals surface area contributed by atoms with Crippen LogP contribution in [0.1, 0.15) is 36.8 Å². The second-order valence-electron chi connectivity index (χ2n) is 6.80. The predicted molar refractivity (Wildman–Crippen MR) is 97.3 cm³/mol. The number of nitrogens with zero attached hydrogens (tertiary/aromatic N) is 1. The first-order valence-electron chi connectivity index (χ1n) is 8.91. The van der Waals surface area contributed by atoms with Gasteiger partial charge in [-0.1, -0.05) is 60.7 Å². The predicted octanol–water partition coefficient (Wildman–Crippen LogP) is 4.20. The molecule has 3 heteroatoms. The van der Waals surface area contributed by atoms with Crippen molar-refractivity contribution in [1.29, 1.82) is 0 Å². The van der Waals surface area contributed by atoms with Crippen LogP contribution in [-0.4, -0.2) is 16.6 Å². The van der Waals surface area contributed by atoms with Crippen LogP contribution >= 0.6 is 0 Å². The van der Waals surface area contributed by atoms with Gasteiger partial charge in [-0.05, 0) is 30.4 Å². The van der Waals surface area contributed by atoms with Gasteiger partial charge in [-0.2, -0.15) is 0 Å². The van der Waals surface area contributed by atoms with Gasteiger partial charge in [0.1, 0.15) is 0 Å². The summed E-state index contributed by atoms with van der Waals surface area (Å²) >= 11 is 0. The highest BCUT2D eigenvalue weighted by molar-refractivity contribution is 6.08. The van der Waals surface area contributed by atoms with Crippen molar-refractivity contribution < 1.29 is 9.59 Å². The van der Waals surface area contributed by atoms with Crippen molar-refractivity contribution >= 4 is 17.4 Å². The molecule has 25 heavy (non-hydrogen) atoms. The molecule has 0 N–H and O–H groups in total. The van der Waals surface area contributed by atoms with Crippen molar-refractivity contribution in [3.05, 3.63) is 77.4 Å². The number of benzene rings is 2. The SMILES string of the molecule is O=C(C1=C(c2ccccc2)N(Cc2ccccc2)C(=O)CC1)C1CC1. The van der Waals surface area contributed by atoms with Crippen molar-refractivity contribution in [2.24, 2.45) is 5.92 Å². The zero-order chi connectivity index (χ0) is 17.2. The number of carbonyl (C=O) groups excluding carboxylic acids is 2. The van der Waals surface area contributed by atoms with Crippen LogP contribution in [0.2, 0.25) is 0 Å². The quantitative estimate of drug-likeness (QED) is 0.823. The van der Waals surface area contributed by atoms with Crippen molar-refractivity contribution in [2.45, 2.75) is 32.2 Å². The first kappa shape index (κ1) is 15.8. The lowest BCUT2D eigenvalue weighted by Gasteiger charge is -2.32. The molecule has 1 fully saturated rings. The Balaban J connectivity index is 1.79. The molecule has 1 heterocycles. The third kappa shape index (κ3) is 3.27. The van der Waals surface area contributed by atoms with Gasteiger partial charge >= 0.3 is 0 Å². The molecule has 0 aromatic heterocycles. The molecule has 3 nitrogen and oxygen atoms in total. The number of allylic oxidation sites excluding steroid dienone is 1. The Hall–Kier alpha value is -2.68. The minimum Gasteiger partial charge on any atom is -0.307 e. The second kappa shape index (κ2) is 6.67. The van der Waals surface area contributed by atoms with Crippen LogP contribution in [0, 0.1) is 5.92 Å². The molecule has 1 saturated carbocycles. The van der Waals surface area contributed by atoms with Gasteiger partial charge in [-0.15, -0.1) is 0 Å². The summed E-state index contributed by atoms with van der Waals surface area (Å²) in [7, 11) is 0. The Morgan fingerprint density at radius 3 is 2.20 bits per heavy atom. The van der Waals surface area contributed by atoms with Crippen LogP contribution in [0.15, 0.2) is 66.2 Å². The monoisotopic (exact) mass is 331 g/mol. The summed E-state index contributed by atoms with van der Waals surface area (Å²) < 4.78 is 0. The van der Waals surface area contributed by atoms with Gasteiger partial charge in [0, 0.05) is 17.9 Å². The standard InChI is InChI=1S/C22H21NO2/c24-20-14-13-19(22(25)18-11-12-18)21(17-9-5-2-6-10-17)23(20)15-16-7-3-1-4-8-16/h1-10,18H,11-15H2. The lowest BCUT2D eigenvalue weighted by atomic mass is 9.91. The number of hydrogen-bond acceptors (Lipinski definition) is 2. The van der Waals surface area contributed by atoms with Gasteiger partial charge in [0.15, 0.2) is 5.78 Å². The summed E-state index contributed by atoms with van der Waals surface area (Å²) in [5, 5.41) is 0. The molecule has 1 amide bonds. The van der Waals surface area contributed by atoms with Crippen molar-refractivity contribution in [1.82, 2.24) is 4.90 Å². The minimum atomic E-state index is 0.0926. The summed E-state index contributed by atoms with van der Waals surface area (Å²) in [4.78, 5) is 27.4. The van der Waals surface area contributed by atoms with E-state index in [1.165, 1.54) is 0 Å². The fourth-order valence-electron chi connectivity index (χ4n) is 3.46. The summed E-state index contributed by atoms with van der Waals surface area (Å²) in [5.41, 5.74) is 3.68. The molecule has 0 radical (unpaired) electrons. The molecule has 4 rings (SSSR count). The molecular formula is C22H21NO2. The van der Waals surface area contributed by atoms with Gasteiger partial charge in [0.2, 0.25) is 5.91 Å². The second-order valence-corrected chi connectivity index (χ2v) is 6.80. The Labute approximate surface area is 148 Å². The van der Waals surface area contributed by atoms with Crippen LogP contribution in [0.25, 0.3) is 5.70 Å². The smallest absolute Gasteiger partial charge is 0.227 e. The first-order chi connectivity index (χ1) is 12.2. The molecule has 0 spiro atoms. The molecule has 0 unspecified atom stereocenters. The van der Waals surface area contributed by atoms with E-state index >= 15 is 0 Å². The highest BCUT2D eigenvalue weighted by Crippen LogP contribution is 2.39. The Morgan fingerprint density at radius 2 is 1.56 bits per heavy atom.